The van der Waals surface area contributed by atoms with Gasteiger partial charge in [0, 0.05) is 15.7 Å². The van der Waals surface area contributed by atoms with E-state index in [1.54, 1.807) is 30.9 Å². The molecule has 3 amide bonds. The fraction of sp³-hybridized carbons (Fsp3) is 0.227. The minimum atomic E-state index is -1.65. The molecule has 1 spiro atoms. The Morgan fingerprint density at radius 3 is 2.60 bits per heavy atom. The van der Waals surface area contributed by atoms with Gasteiger partial charge in [-0.1, -0.05) is 52.3 Å². The lowest BCUT2D eigenvalue weighted by atomic mass is 9.81. The quantitative estimate of drug-likeness (QED) is 0.672. The molecule has 0 saturated carbocycles. The summed E-state index contributed by atoms with van der Waals surface area (Å²) in [6.45, 7) is 3.73. The number of fused-ring (bicyclic) bond motifs is 2. The van der Waals surface area contributed by atoms with E-state index >= 15 is 0 Å². The third-order valence-electron chi connectivity index (χ3n) is 5.24. The number of nitrogens with one attached hydrogen (secondary N) is 2. The summed E-state index contributed by atoms with van der Waals surface area (Å²) in [6, 6.07) is 14.3. The van der Waals surface area contributed by atoms with Crippen LogP contribution in [0.5, 0.6) is 0 Å². The standard InChI is InChI=1S/C22H20BrN3O4/c1-3-30-19(27)18-13(2)24-21(29)25-22(18)16-10-9-15(23)11-17(16)26(20(22)28)12-14-7-5-4-6-8-14/h4-11H,3,12H2,1-2H3,(H2,24,25,29)/t22-/m1/s1. The maximum Gasteiger partial charge on any atom is 0.339 e. The first-order valence-corrected chi connectivity index (χ1v) is 10.3. The summed E-state index contributed by atoms with van der Waals surface area (Å²) in [6.07, 6.45) is 0. The first-order chi connectivity index (χ1) is 14.4. The number of benzene rings is 2. The average molecular weight is 470 g/mol. The van der Waals surface area contributed by atoms with Gasteiger partial charge in [-0.25, -0.2) is 9.59 Å². The van der Waals surface area contributed by atoms with E-state index < -0.39 is 23.4 Å². The normalized spacial score (nSPS) is 20.2. The van der Waals surface area contributed by atoms with Crippen LogP contribution in [0, 0.1) is 0 Å². The van der Waals surface area contributed by atoms with E-state index in [2.05, 4.69) is 26.6 Å². The molecular formula is C22H20BrN3O4. The van der Waals surface area contributed by atoms with Gasteiger partial charge in [0.2, 0.25) is 0 Å². The van der Waals surface area contributed by atoms with Crippen LogP contribution in [0.3, 0.4) is 0 Å². The topological polar surface area (TPSA) is 87.7 Å². The number of hydrogen-bond acceptors (Lipinski definition) is 4. The predicted octanol–water partition coefficient (Wildman–Crippen LogP) is 3.34. The van der Waals surface area contributed by atoms with Crippen LogP contribution in [0.25, 0.3) is 0 Å². The van der Waals surface area contributed by atoms with Crippen molar-refractivity contribution < 1.29 is 19.1 Å². The van der Waals surface area contributed by atoms with E-state index in [4.69, 9.17) is 4.74 Å². The molecule has 2 aromatic rings. The van der Waals surface area contributed by atoms with E-state index in [1.165, 1.54) is 0 Å². The third-order valence-corrected chi connectivity index (χ3v) is 5.73. The molecular weight excluding hydrogens is 450 g/mol. The number of nitrogens with zero attached hydrogens (tertiary/aromatic N) is 1. The van der Waals surface area contributed by atoms with Gasteiger partial charge in [-0.15, -0.1) is 0 Å². The second kappa shape index (κ2) is 7.60. The predicted molar refractivity (Wildman–Crippen MR) is 114 cm³/mol. The van der Waals surface area contributed by atoms with Crippen LogP contribution in [-0.2, 0) is 26.4 Å². The SMILES string of the molecule is CCOC(=O)C1=C(C)NC(=O)N[C@@]12C(=O)N(Cc1ccccc1)c1cc(Br)ccc12. The lowest BCUT2D eigenvalue weighted by Gasteiger charge is -2.36. The summed E-state index contributed by atoms with van der Waals surface area (Å²) in [5.74, 6) is -1.05. The van der Waals surface area contributed by atoms with Crippen molar-refractivity contribution in [2.24, 2.45) is 0 Å². The zero-order valence-electron chi connectivity index (χ0n) is 16.5. The maximum atomic E-state index is 13.9. The van der Waals surface area contributed by atoms with Gasteiger partial charge in [-0.05, 0) is 31.5 Å². The minimum Gasteiger partial charge on any atom is -0.462 e. The van der Waals surface area contributed by atoms with Crippen LogP contribution in [0.2, 0.25) is 0 Å². The van der Waals surface area contributed by atoms with Gasteiger partial charge < -0.3 is 20.3 Å². The lowest BCUT2D eigenvalue weighted by Crippen LogP contribution is -2.61. The Morgan fingerprint density at radius 1 is 1.17 bits per heavy atom. The van der Waals surface area contributed by atoms with Crippen molar-refractivity contribution in [3.63, 3.8) is 0 Å². The van der Waals surface area contributed by atoms with Gasteiger partial charge in [0.25, 0.3) is 5.91 Å². The summed E-state index contributed by atoms with van der Waals surface area (Å²) >= 11 is 3.46. The highest BCUT2D eigenvalue weighted by Gasteiger charge is 2.59. The number of ether oxygens (including phenoxy) is 1. The van der Waals surface area contributed by atoms with E-state index in [9.17, 15) is 14.4 Å². The summed E-state index contributed by atoms with van der Waals surface area (Å²) in [5, 5.41) is 5.33. The van der Waals surface area contributed by atoms with Crippen molar-refractivity contribution in [2.45, 2.75) is 25.9 Å². The molecule has 8 heteroatoms. The Hall–Kier alpha value is -3.13. The minimum absolute atomic E-state index is 0.0908. The number of hydrogen-bond donors (Lipinski definition) is 2. The zero-order valence-corrected chi connectivity index (χ0v) is 18.1. The van der Waals surface area contributed by atoms with Crippen molar-refractivity contribution >= 4 is 39.5 Å². The van der Waals surface area contributed by atoms with Crippen molar-refractivity contribution in [3.05, 3.63) is 75.4 Å². The van der Waals surface area contributed by atoms with Crippen molar-refractivity contribution in [1.82, 2.24) is 10.6 Å². The maximum absolute atomic E-state index is 13.9. The number of rotatable bonds is 4. The molecule has 2 heterocycles. The number of urea groups is 1. The van der Waals surface area contributed by atoms with E-state index in [-0.39, 0.29) is 12.2 Å². The van der Waals surface area contributed by atoms with Gasteiger partial charge in [0.15, 0.2) is 5.54 Å². The number of halogens is 1. The number of allylic oxidation sites excluding steroid dienone is 1. The Bertz CT molecular complexity index is 1080. The largest absolute Gasteiger partial charge is 0.462 e. The molecule has 0 bridgehead atoms. The second-order valence-electron chi connectivity index (χ2n) is 7.09. The molecule has 30 heavy (non-hydrogen) atoms. The molecule has 2 aliphatic heterocycles. The van der Waals surface area contributed by atoms with Gasteiger partial charge in [0.1, 0.15) is 0 Å². The third kappa shape index (κ3) is 3.08. The second-order valence-corrected chi connectivity index (χ2v) is 8.00. The fourth-order valence-corrected chi connectivity index (χ4v) is 4.39. The summed E-state index contributed by atoms with van der Waals surface area (Å²) in [7, 11) is 0. The summed E-state index contributed by atoms with van der Waals surface area (Å²) in [5.41, 5.74) is 0.809. The molecule has 0 aromatic heterocycles. The molecule has 0 radical (unpaired) electrons. The Labute approximate surface area is 182 Å². The fourth-order valence-electron chi connectivity index (χ4n) is 4.05. The Kier molecular flexibility index (Phi) is 5.11. The number of esters is 1. The Balaban J connectivity index is 1.93. The van der Waals surface area contributed by atoms with Crippen LogP contribution < -0.4 is 15.5 Å². The smallest absolute Gasteiger partial charge is 0.339 e. The van der Waals surface area contributed by atoms with Crippen molar-refractivity contribution in [3.8, 4) is 0 Å². The Morgan fingerprint density at radius 2 is 1.90 bits per heavy atom. The van der Waals surface area contributed by atoms with E-state index in [0.717, 1.165) is 10.0 Å². The van der Waals surface area contributed by atoms with E-state index in [1.807, 2.05) is 36.4 Å². The molecule has 2 aliphatic rings. The van der Waals surface area contributed by atoms with E-state index in [0.29, 0.717) is 23.5 Å². The van der Waals surface area contributed by atoms with Crippen LogP contribution in [0.1, 0.15) is 25.0 Å². The van der Waals surface area contributed by atoms with Crippen LogP contribution in [0.15, 0.2) is 64.3 Å². The average Bonchev–Trinajstić information content (AvgIpc) is 2.91. The number of amides is 3. The van der Waals surface area contributed by atoms with Crippen molar-refractivity contribution in [1.29, 1.82) is 0 Å². The monoisotopic (exact) mass is 469 g/mol. The summed E-state index contributed by atoms with van der Waals surface area (Å²) < 4.78 is 6.03. The molecule has 2 N–H and O–H groups in total. The first kappa shape index (κ1) is 20.2. The van der Waals surface area contributed by atoms with Crippen LogP contribution in [-0.4, -0.2) is 24.5 Å². The summed E-state index contributed by atoms with van der Waals surface area (Å²) in [4.78, 5) is 40.9. The molecule has 154 valence electrons. The van der Waals surface area contributed by atoms with Crippen LogP contribution >= 0.6 is 15.9 Å². The number of carbonyl (C=O) groups excluding carboxylic acids is 3. The highest BCUT2D eigenvalue weighted by Crippen LogP contribution is 2.48. The zero-order chi connectivity index (χ0) is 21.5. The van der Waals surface area contributed by atoms with Crippen molar-refractivity contribution in [2.75, 3.05) is 11.5 Å². The lowest BCUT2D eigenvalue weighted by molar-refractivity contribution is -0.141. The van der Waals surface area contributed by atoms with Gasteiger partial charge >= 0.3 is 12.0 Å². The van der Waals surface area contributed by atoms with Gasteiger partial charge in [-0.3, -0.25) is 4.79 Å². The first-order valence-electron chi connectivity index (χ1n) is 9.52. The van der Waals surface area contributed by atoms with Gasteiger partial charge in [0.05, 0.1) is 24.4 Å². The molecule has 0 aliphatic carbocycles. The molecule has 7 nitrogen and oxygen atoms in total. The van der Waals surface area contributed by atoms with Gasteiger partial charge in [-0.2, -0.15) is 0 Å². The molecule has 0 unspecified atom stereocenters. The molecule has 2 aromatic carbocycles. The highest BCUT2D eigenvalue weighted by atomic mass is 79.9. The molecule has 4 rings (SSSR count). The molecule has 0 saturated heterocycles. The highest BCUT2D eigenvalue weighted by molar-refractivity contribution is 9.10. The van der Waals surface area contributed by atoms with Crippen LogP contribution in [0.4, 0.5) is 10.5 Å². The molecule has 0 fully saturated rings. The molecule has 1 atom stereocenters. The number of carbonyl (C=O) groups is 3. The number of anilines is 1.